The third-order valence-electron chi connectivity index (χ3n) is 10.2. The maximum absolute atomic E-state index is 2.42. The van der Waals surface area contributed by atoms with Gasteiger partial charge in [0, 0.05) is 39.5 Å². The average molecular weight is 629 g/mol. The maximum Gasteiger partial charge on any atom is 0.0468 e. The highest BCUT2D eigenvalue weighted by Gasteiger charge is 2.34. The molecule has 0 N–H and O–H groups in total. The molecule has 0 saturated carbocycles. The van der Waals surface area contributed by atoms with Gasteiger partial charge in [0.05, 0.1) is 0 Å². The molecular formula is C47H36N2. The minimum atomic E-state index is -0.206. The Hall–Kier alpha value is -6.12. The molecule has 0 radical (unpaired) electrons. The Labute approximate surface area is 288 Å². The van der Waals surface area contributed by atoms with E-state index in [0.717, 1.165) is 34.1 Å². The summed E-state index contributed by atoms with van der Waals surface area (Å²) < 4.78 is 0. The molecule has 0 fully saturated rings. The average Bonchev–Trinajstić information content (AvgIpc) is 3.16. The summed E-state index contributed by atoms with van der Waals surface area (Å²) in [5, 5.41) is 5.16. The number of rotatable bonds is 6. The van der Waals surface area contributed by atoms with E-state index < -0.39 is 0 Å². The van der Waals surface area contributed by atoms with E-state index >= 15 is 0 Å². The van der Waals surface area contributed by atoms with E-state index in [9.17, 15) is 0 Å². The fourth-order valence-electron chi connectivity index (χ4n) is 7.84. The molecule has 0 unspecified atom stereocenters. The van der Waals surface area contributed by atoms with Gasteiger partial charge >= 0.3 is 0 Å². The van der Waals surface area contributed by atoms with Gasteiger partial charge in [0.25, 0.3) is 0 Å². The van der Waals surface area contributed by atoms with Crippen LogP contribution in [-0.2, 0) is 5.41 Å². The van der Waals surface area contributed by atoms with Gasteiger partial charge < -0.3 is 9.80 Å². The lowest BCUT2D eigenvalue weighted by Gasteiger charge is -2.37. The lowest BCUT2D eigenvalue weighted by atomic mass is 9.68. The quantitative estimate of drug-likeness (QED) is 0.169. The second-order valence-corrected chi connectivity index (χ2v) is 13.4. The van der Waals surface area contributed by atoms with Crippen LogP contribution in [-0.4, -0.2) is 0 Å². The molecule has 8 aromatic carbocycles. The van der Waals surface area contributed by atoms with Crippen LogP contribution in [0.4, 0.5) is 34.1 Å². The number of nitrogens with zero attached hydrogens (tertiary/aromatic N) is 2. The number of hydrogen-bond donors (Lipinski definition) is 0. The molecule has 2 heteroatoms. The molecule has 0 heterocycles. The Morgan fingerprint density at radius 2 is 0.837 bits per heavy atom. The van der Waals surface area contributed by atoms with Crippen molar-refractivity contribution < 1.29 is 0 Å². The summed E-state index contributed by atoms with van der Waals surface area (Å²) in [6.45, 7) is 4.77. The Morgan fingerprint density at radius 3 is 1.37 bits per heavy atom. The molecule has 1 aliphatic rings. The lowest BCUT2D eigenvalue weighted by molar-refractivity contribution is 0.645. The molecule has 0 saturated heterocycles. The van der Waals surface area contributed by atoms with Gasteiger partial charge in [-0.2, -0.15) is 0 Å². The maximum atomic E-state index is 2.42. The van der Waals surface area contributed by atoms with Crippen LogP contribution in [0.25, 0.3) is 32.7 Å². The van der Waals surface area contributed by atoms with Crippen LogP contribution in [0.1, 0.15) is 25.0 Å². The standard InChI is InChI=1S/C47H36N2/c1-47(2)44-25-15-24-41-42-31-38(48(34-16-7-3-8-17-34)35-18-9-4-10-19-35)27-26-33(42)30-43(46(41)44)40-29-28-39(32-45(40)47)49(36-20-11-5-12-21-36)37-22-13-6-14-23-37/h3-32H,1-2H3. The molecule has 8 aromatic rings. The summed E-state index contributed by atoms with van der Waals surface area (Å²) in [6.07, 6.45) is 0. The minimum absolute atomic E-state index is 0.206. The van der Waals surface area contributed by atoms with E-state index in [-0.39, 0.29) is 5.41 Å². The predicted molar refractivity (Wildman–Crippen MR) is 208 cm³/mol. The van der Waals surface area contributed by atoms with Gasteiger partial charge in [-0.25, -0.2) is 0 Å². The highest BCUT2D eigenvalue weighted by atomic mass is 15.1. The summed E-state index contributed by atoms with van der Waals surface area (Å²) in [5.41, 5.74) is 12.0. The summed E-state index contributed by atoms with van der Waals surface area (Å²) >= 11 is 0. The van der Waals surface area contributed by atoms with Gasteiger partial charge in [0.15, 0.2) is 0 Å². The van der Waals surface area contributed by atoms with Crippen LogP contribution in [0.15, 0.2) is 182 Å². The van der Waals surface area contributed by atoms with Crippen molar-refractivity contribution in [2.24, 2.45) is 0 Å². The molecule has 9 rings (SSSR count). The molecule has 49 heavy (non-hydrogen) atoms. The Kier molecular flexibility index (Phi) is 6.84. The van der Waals surface area contributed by atoms with E-state index in [1.54, 1.807) is 0 Å². The van der Waals surface area contributed by atoms with Crippen LogP contribution >= 0.6 is 0 Å². The minimum Gasteiger partial charge on any atom is -0.310 e. The van der Waals surface area contributed by atoms with Crippen molar-refractivity contribution in [2.75, 3.05) is 9.80 Å². The molecule has 0 aromatic heterocycles. The van der Waals surface area contributed by atoms with E-state index in [1.807, 2.05) is 0 Å². The van der Waals surface area contributed by atoms with Gasteiger partial charge in [0.1, 0.15) is 0 Å². The third-order valence-corrected chi connectivity index (χ3v) is 10.2. The fraction of sp³-hybridized carbons (Fsp3) is 0.0638. The third kappa shape index (κ3) is 4.79. The van der Waals surface area contributed by atoms with Gasteiger partial charge in [-0.15, -0.1) is 0 Å². The first-order chi connectivity index (χ1) is 24.1. The van der Waals surface area contributed by atoms with Gasteiger partial charge in [0.2, 0.25) is 0 Å². The zero-order valence-corrected chi connectivity index (χ0v) is 27.7. The number of anilines is 6. The number of benzene rings is 8. The van der Waals surface area contributed by atoms with Crippen molar-refractivity contribution in [3.05, 3.63) is 193 Å². The summed E-state index contributed by atoms with van der Waals surface area (Å²) in [7, 11) is 0. The van der Waals surface area contributed by atoms with E-state index in [0.29, 0.717) is 0 Å². The highest BCUT2D eigenvalue weighted by molar-refractivity contribution is 6.17. The van der Waals surface area contributed by atoms with Crippen molar-refractivity contribution in [2.45, 2.75) is 19.3 Å². The molecule has 1 aliphatic carbocycles. The number of fused-ring (bicyclic) bond motifs is 4. The van der Waals surface area contributed by atoms with E-state index in [4.69, 9.17) is 0 Å². The monoisotopic (exact) mass is 628 g/mol. The molecular weight excluding hydrogens is 593 g/mol. The van der Waals surface area contributed by atoms with Crippen molar-refractivity contribution in [3.63, 3.8) is 0 Å². The Balaban J connectivity index is 1.24. The molecule has 234 valence electrons. The number of hydrogen-bond acceptors (Lipinski definition) is 2. The Bertz CT molecular complexity index is 2370. The van der Waals surface area contributed by atoms with Crippen molar-refractivity contribution in [1.82, 2.24) is 0 Å². The first-order valence-corrected chi connectivity index (χ1v) is 17.0. The molecule has 0 spiro atoms. The van der Waals surface area contributed by atoms with Crippen molar-refractivity contribution >= 4 is 55.7 Å². The summed E-state index contributed by atoms with van der Waals surface area (Å²) in [5.74, 6) is 0. The molecule has 2 nitrogen and oxygen atoms in total. The first-order valence-electron chi connectivity index (χ1n) is 17.0. The van der Waals surface area contributed by atoms with E-state index in [1.165, 1.54) is 43.8 Å². The van der Waals surface area contributed by atoms with Crippen LogP contribution < -0.4 is 9.80 Å². The lowest BCUT2D eigenvalue weighted by Crippen LogP contribution is -2.24. The van der Waals surface area contributed by atoms with Crippen molar-refractivity contribution in [1.29, 1.82) is 0 Å². The van der Waals surface area contributed by atoms with Crippen LogP contribution in [0.2, 0.25) is 0 Å². The predicted octanol–water partition coefficient (Wildman–Crippen LogP) is 13.2. The normalized spacial score (nSPS) is 12.9. The first kappa shape index (κ1) is 29.1. The molecule has 0 bridgehead atoms. The molecule has 0 aliphatic heterocycles. The smallest absolute Gasteiger partial charge is 0.0468 e. The van der Waals surface area contributed by atoms with Gasteiger partial charge in [-0.05, 0) is 123 Å². The van der Waals surface area contributed by atoms with Crippen LogP contribution in [0.5, 0.6) is 0 Å². The largest absolute Gasteiger partial charge is 0.310 e. The zero-order chi connectivity index (χ0) is 33.0. The summed E-state index contributed by atoms with van der Waals surface area (Å²) in [6, 6.07) is 65.9. The Morgan fingerprint density at radius 1 is 0.347 bits per heavy atom. The van der Waals surface area contributed by atoms with Gasteiger partial charge in [-0.1, -0.05) is 117 Å². The highest BCUT2D eigenvalue weighted by Crippen LogP contribution is 2.52. The summed E-state index contributed by atoms with van der Waals surface area (Å²) in [4.78, 5) is 4.71. The fourth-order valence-corrected chi connectivity index (χ4v) is 7.84. The SMILES string of the molecule is CC1(C)c2cc(N(c3ccccc3)c3ccccc3)ccc2-c2cc3ccc(N(c4ccccc4)c4ccccc4)cc3c3cccc1c23. The number of para-hydroxylation sites is 4. The van der Waals surface area contributed by atoms with Crippen molar-refractivity contribution in [3.8, 4) is 11.1 Å². The molecule has 0 atom stereocenters. The van der Waals surface area contributed by atoms with E-state index in [2.05, 4.69) is 206 Å². The second kappa shape index (κ2) is 11.5. The van der Waals surface area contributed by atoms with Gasteiger partial charge in [-0.3, -0.25) is 0 Å². The van der Waals surface area contributed by atoms with Crippen LogP contribution in [0.3, 0.4) is 0 Å². The van der Waals surface area contributed by atoms with Crippen LogP contribution in [0, 0.1) is 0 Å². The zero-order valence-electron chi connectivity index (χ0n) is 27.7. The topological polar surface area (TPSA) is 6.48 Å². The molecule has 0 amide bonds. The second-order valence-electron chi connectivity index (χ2n) is 13.4.